The highest BCUT2D eigenvalue weighted by Crippen LogP contribution is 2.45. The fraction of sp³-hybridized carbons (Fsp3) is 0.576. The maximum atomic E-state index is 13.6. The SMILES string of the molecule is CC(C)(C)OC(=O)N1CC(N2CCCc3cc(Cl)cc(-c4ccnc5cc(CO)sc45)c32)C[C@@H]1CO[Si](C)(C)C(C)(C)C. The number of carbonyl (C=O) groups is 1. The Bertz CT molecular complexity index is 1500. The van der Waals surface area contributed by atoms with Crippen LogP contribution in [0.2, 0.25) is 23.2 Å². The fourth-order valence-corrected chi connectivity index (χ4v) is 8.21. The minimum atomic E-state index is -2.02. The molecule has 1 N–H and O–H groups in total. The van der Waals surface area contributed by atoms with Gasteiger partial charge in [0.15, 0.2) is 8.32 Å². The maximum Gasteiger partial charge on any atom is 0.410 e. The van der Waals surface area contributed by atoms with E-state index in [2.05, 4.69) is 61.9 Å². The molecule has 7 nitrogen and oxygen atoms in total. The zero-order valence-corrected chi connectivity index (χ0v) is 29.4. The molecule has 1 amide bonds. The van der Waals surface area contributed by atoms with Crippen LogP contribution in [0.3, 0.4) is 0 Å². The smallest absolute Gasteiger partial charge is 0.410 e. The van der Waals surface area contributed by atoms with E-state index in [0.717, 1.165) is 52.0 Å². The third-order valence-electron chi connectivity index (χ3n) is 9.10. The monoisotopic (exact) mass is 643 g/mol. The second-order valence-electron chi connectivity index (χ2n) is 14.4. The Kier molecular flexibility index (Phi) is 8.97. The molecular formula is C33H46ClN3O4SSi. The van der Waals surface area contributed by atoms with E-state index in [0.29, 0.717) is 18.2 Å². The number of fused-ring (bicyclic) bond motifs is 2. The Labute approximate surface area is 266 Å². The molecule has 5 rings (SSSR count). The zero-order chi connectivity index (χ0) is 31.3. The maximum absolute atomic E-state index is 13.6. The van der Waals surface area contributed by atoms with Crippen LogP contribution in [0.5, 0.6) is 0 Å². The van der Waals surface area contributed by atoms with Gasteiger partial charge < -0.3 is 24.1 Å². The number of ether oxygens (including phenoxy) is 1. The van der Waals surface area contributed by atoms with E-state index in [1.54, 1.807) is 11.3 Å². The van der Waals surface area contributed by atoms with Gasteiger partial charge in [-0.05, 0) is 88.0 Å². The Balaban J connectivity index is 1.53. The minimum Gasteiger partial charge on any atom is -0.444 e. The summed E-state index contributed by atoms with van der Waals surface area (Å²) in [6, 6.07) is 8.19. The average Bonchev–Trinajstić information content (AvgIpc) is 3.54. The molecule has 3 aromatic rings. The molecule has 4 heterocycles. The van der Waals surface area contributed by atoms with Crippen molar-refractivity contribution in [1.29, 1.82) is 0 Å². The lowest BCUT2D eigenvalue weighted by molar-refractivity contribution is 0.0180. The highest BCUT2D eigenvalue weighted by Gasteiger charge is 2.44. The lowest BCUT2D eigenvalue weighted by Gasteiger charge is -2.38. The number of hydrogen-bond donors (Lipinski definition) is 1. The molecule has 2 aromatic heterocycles. The second-order valence-corrected chi connectivity index (χ2v) is 20.8. The van der Waals surface area contributed by atoms with Gasteiger partial charge in [0.05, 0.1) is 29.5 Å². The zero-order valence-electron chi connectivity index (χ0n) is 26.8. The summed E-state index contributed by atoms with van der Waals surface area (Å²) >= 11 is 8.31. The lowest BCUT2D eigenvalue weighted by atomic mass is 9.92. The third kappa shape index (κ3) is 6.76. The molecule has 2 aliphatic heterocycles. The van der Waals surface area contributed by atoms with Gasteiger partial charge in [-0.1, -0.05) is 32.4 Å². The summed E-state index contributed by atoms with van der Waals surface area (Å²) in [6.07, 6.45) is 4.31. The average molecular weight is 644 g/mol. The molecule has 1 saturated heterocycles. The van der Waals surface area contributed by atoms with Crippen molar-refractivity contribution in [2.24, 2.45) is 0 Å². The molecule has 1 aromatic carbocycles. The van der Waals surface area contributed by atoms with Crippen molar-refractivity contribution < 1.29 is 19.1 Å². The number of halogens is 1. The van der Waals surface area contributed by atoms with Crippen LogP contribution in [0.4, 0.5) is 10.5 Å². The molecule has 0 bridgehead atoms. The molecular weight excluding hydrogens is 598 g/mol. The van der Waals surface area contributed by atoms with E-state index in [4.69, 9.17) is 20.8 Å². The summed E-state index contributed by atoms with van der Waals surface area (Å²) in [7, 11) is -2.02. The standard InChI is InChI=1S/C33H46ClN3O4SSi/c1-32(2,3)41-31(39)37-18-23(16-24(37)20-40-43(7,8)33(4,5)6)36-13-9-10-21-14-22(34)15-27(29(21)36)26-11-12-35-28-17-25(19-38)42-30(26)28/h11-12,14-15,17,23-24,38H,9-10,13,16,18-20H2,1-8H3/t23?,24-/m1/s1. The number of amides is 1. The van der Waals surface area contributed by atoms with Gasteiger partial charge in [-0.15, -0.1) is 11.3 Å². The highest BCUT2D eigenvalue weighted by molar-refractivity contribution is 7.19. The number of likely N-dealkylation sites (tertiary alicyclic amines) is 1. The van der Waals surface area contributed by atoms with Gasteiger partial charge in [-0.25, -0.2) is 4.79 Å². The molecule has 0 aliphatic carbocycles. The van der Waals surface area contributed by atoms with Crippen LogP contribution < -0.4 is 4.90 Å². The molecule has 43 heavy (non-hydrogen) atoms. The van der Waals surface area contributed by atoms with Gasteiger partial charge in [0.2, 0.25) is 0 Å². The van der Waals surface area contributed by atoms with Gasteiger partial charge in [-0.3, -0.25) is 4.98 Å². The van der Waals surface area contributed by atoms with Crippen molar-refractivity contribution in [1.82, 2.24) is 9.88 Å². The van der Waals surface area contributed by atoms with Crippen LogP contribution in [0.1, 0.15) is 64.8 Å². The van der Waals surface area contributed by atoms with Gasteiger partial charge in [0.1, 0.15) is 5.60 Å². The van der Waals surface area contributed by atoms with Crippen LogP contribution >= 0.6 is 22.9 Å². The van der Waals surface area contributed by atoms with E-state index in [1.807, 2.05) is 37.9 Å². The number of benzene rings is 1. The number of aliphatic hydroxyl groups is 1. The van der Waals surface area contributed by atoms with Gasteiger partial charge in [-0.2, -0.15) is 0 Å². The quantitative estimate of drug-likeness (QED) is 0.273. The van der Waals surface area contributed by atoms with Crippen molar-refractivity contribution in [2.75, 3.05) is 24.6 Å². The van der Waals surface area contributed by atoms with E-state index in [-0.39, 0.29) is 29.8 Å². The molecule has 0 saturated carbocycles. The van der Waals surface area contributed by atoms with Crippen molar-refractivity contribution in [3.05, 3.63) is 45.9 Å². The number of aromatic nitrogens is 1. The number of nitrogens with zero attached hydrogens (tertiary/aromatic N) is 3. The number of rotatable bonds is 6. The summed E-state index contributed by atoms with van der Waals surface area (Å²) < 4.78 is 13.6. The molecule has 0 radical (unpaired) electrons. The van der Waals surface area contributed by atoms with Crippen molar-refractivity contribution >= 4 is 53.3 Å². The van der Waals surface area contributed by atoms with Crippen LogP contribution in [-0.2, 0) is 22.2 Å². The number of anilines is 1. The van der Waals surface area contributed by atoms with Crippen molar-refractivity contribution in [3.8, 4) is 11.1 Å². The van der Waals surface area contributed by atoms with Gasteiger partial charge in [0, 0.05) is 52.0 Å². The first-order chi connectivity index (χ1) is 20.1. The summed E-state index contributed by atoms with van der Waals surface area (Å²) in [6.45, 7) is 19.0. The van der Waals surface area contributed by atoms with Crippen molar-refractivity contribution in [3.63, 3.8) is 0 Å². The molecule has 2 atom stereocenters. The number of aliphatic hydroxyl groups excluding tert-OH is 1. The minimum absolute atomic E-state index is 0.0127. The number of thiophene rings is 1. The first-order valence-corrected chi connectivity index (χ1v) is 19.4. The number of pyridine rings is 1. The summed E-state index contributed by atoms with van der Waals surface area (Å²) in [4.78, 5) is 23.4. The van der Waals surface area contributed by atoms with E-state index >= 15 is 0 Å². The Hall–Kier alpha value is -2.17. The lowest BCUT2D eigenvalue weighted by Crippen LogP contribution is -2.47. The number of hydrogen-bond acceptors (Lipinski definition) is 7. The molecule has 2 aliphatic rings. The Morgan fingerprint density at radius 3 is 2.58 bits per heavy atom. The normalized spacial score (nSPS) is 19.7. The van der Waals surface area contributed by atoms with Crippen molar-refractivity contribution in [2.45, 2.75) is 103 Å². The molecule has 10 heteroatoms. The molecule has 1 fully saturated rings. The number of aryl methyl sites for hydroxylation is 1. The second kappa shape index (κ2) is 12.0. The Morgan fingerprint density at radius 1 is 1.16 bits per heavy atom. The van der Waals surface area contributed by atoms with Gasteiger partial charge >= 0.3 is 6.09 Å². The first kappa shape index (κ1) is 32.2. The first-order valence-electron chi connectivity index (χ1n) is 15.3. The Morgan fingerprint density at radius 2 is 1.91 bits per heavy atom. The largest absolute Gasteiger partial charge is 0.444 e. The molecule has 234 valence electrons. The van der Waals surface area contributed by atoms with Crippen LogP contribution in [0, 0.1) is 0 Å². The van der Waals surface area contributed by atoms with Gasteiger partial charge in [0.25, 0.3) is 0 Å². The highest BCUT2D eigenvalue weighted by atomic mass is 35.5. The van der Waals surface area contributed by atoms with Crippen LogP contribution in [0.15, 0.2) is 30.5 Å². The summed E-state index contributed by atoms with van der Waals surface area (Å²) in [5, 5.41) is 10.6. The van der Waals surface area contributed by atoms with Crippen LogP contribution in [-0.4, -0.2) is 66.8 Å². The molecule has 1 unspecified atom stereocenters. The van der Waals surface area contributed by atoms with E-state index in [1.165, 1.54) is 11.3 Å². The third-order valence-corrected chi connectivity index (χ3v) is 15.0. The van der Waals surface area contributed by atoms with E-state index in [9.17, 15) is 9.90 Å². The summed E-state index contributed by atoms with van der Waals surface area (Å²) in [5.41, 5.74) is 4.85. The molecule has 0 spiro atoms. The fourth-order valence-electron chi connectivity index (χ4n) is 5.93. The van der Waals surface area contributed by atoms with Crippen LogP contribution in [0.25, 0.3) is 21.3 Å². The topological polar surface area (TPSA) is 75.1 Å². The predicted octanol–water partition coefficient (Wildman–Crippen LogP) is 8.26. The number of carbonyl (C=O) groups excluding carboxylic acids is 1. The summed E-state index contributed by atoms with van der Waals surface area (Å²) in [5.74, 6) is 0. The van der Waals surface area contributed by atoms with E-state index < -0.39 is 13.9 Å². The predicted molar refractivity (Wildman–Crippen MR) is 180 cm³/mol.